The molecule has 4 N–H and O–H groups in total. The maximum atomic E-state index is 11.8. The summed E-state index contributed by atoms with van der Waals surface area (Å²) in [6.07, 6.45) is 0.140. The van der Waals surface area contributed by atoms with Crippen molar-refractivity contribution < 1.29 is 23.4 Å². The van der Waals surface area contributed by atoms with Gasteiger partial charge in [0, 0.05) is 6.54 Å². The zero-order valence-corrected chi connectivity index (χ0v) is 18.6. The molecule has 0 saturated carbocycles. The third-order valence-electron chi connectivity index (χ3n) is 4.86. The predicted molar refractivity (Wildman–Crippen MR) is 125 cm³/mol. The molecule has 3 rings (SSSR count). The molecule has 170 valence electrons. The van der Waals surface area contributed by atoms with E-state index in [1.54, 1.807) is 18.2 Å². The van der Waals surface area contributed by atoms with Gasteiger partial charge in [0.1, 0.15) is 12.4 Å². The largest absolute Gasteiger partial charge is 0.487 e. The monoisotopic (exact) mass is 456 g/mol. The maximum Gasteiger partial charge on any atom is 0.229 e. The first-order valence-electron chi connectivity index (χ1n) is 10.2. The van der Waals surface area contributed by atoms with Gasteiger partial charge in [0.25, 0.3) is 0 Å². The van der Waals surface area contributed by atoms with Crippen molar-refractivity contribution in [2.75, 3.05) is 24.1 Å². The lowest BCUT2D eigenvalue weighted by atomic mass is 10.1. The van der Waals surface area contributed by atoms with Crippen molar-refractivity contribution in [3.8, 4) is 5.75 Å². The summed E-state index contributed by atoms with van der Waals surface area (Å²) in [7, 11) is -3.55. The third-order valence-corrected chi connectivity index (χ3v) is 5.45. The molecule has 0 bridgehead atoms. The number of aliphatic hydroxyl groups is 2. The Hall–Kier alpha value is -2.91. The van der Waals surface area contributed by atoms with E-state index < -0.39 is 16.1 Å². The fraction of sp³-hybridized carbons (Fsp3) is 0.250. The molecule has 0 aliphatic heterocycles. The Morgan fingerprint density at radius 2 is 1.59 bits per heavy atom. The van der Waals surface area contributed by atoms with Crippen LogP contribution in [0.2, 0.25) is 0 Å². The first kappa shape index (κ1) is 23.7. The van der Waals surface area contributed by atoms with E-state index in [2.05, 4.69) is 10.0 Å². The predicted octanol–water partition coefficient (Wildman–Crippen LogP) is 2.99. The Labute approximate surface area is 188 Å². The number of hydrogen-bond donors (Lipinski definition) is 4. The van der Waals surface area contributed by atoms with Crippen molar-refractivity contribution in [1.29, 1.82) is 0 Å². The summed E-state index contributed by atoms with van der Waals surface area (Å²) in [5.74, 6) is 0.362. The van der Waals surface area contributed by atoms with Crippen molar-refractivity contribution >= 4 is 15.7 Å². The standard InChI is InChI=1S/C24H28N2O5S/c1-32(29,30)26-21-14-20(12-13-24(21)31-17-18-8-4-2-5-9-18)23(28)15-25-22(16-27)19-10-6-3-7-11-19/h2-14,22-23,25-28H,15-17H2,1H3/t22-,23+/m1/s1. The van der Waals surface area contributed by atoms with Crippen LogP contribution in [0.3, 0.4) is 0 Å². The van der Waals surface area contributed by atoms with Crippen molar-refractivity contribution in [1.82, 2.24) is 5.32 Å². The van der Waals surface area contributed by atoms with Gasteiger partial charge in [0.15, 0.2) is 0 Å². The second-order valence-electron chi connectivity index (χ2n) is 7.47. The van der Waals surface area contributed by atoms with Gasteiger partial charge in [-0.3, -0.25) is 4.72 Å². The SMILES string of the molecule is CS(=O)(=O)Nc1cc([C@@H](O)CN[C@H](CO)c2ccccc2)ccc1OCc1ccccc1. The Morgan fingerprint density at radius 1 is 0.938 bits per heavy atom. The number of sulfonamides is 1. The first-order chi connectivity index (χ1) is 15.4. The summed E-state index contributed by atoms with van der Waals surface area (Å²) in [6, 6.07) is 23.5. The minimum absolute atomic E-state index is 0.121. The zero-order chi connectivity index (χ0) is 23.0. The fourth-order valence-corrected chi connectivity index (χ4v) is 3.80. The van der Waals surface area contributed by atoms with Crippen molar-refractivity contribution in [2.24, 2.45) is 0 Å². The first-order valence-corrected chi connectivity index (χ1v) is 12.1. The van der Waals surface area contributed by atoms with Crippen LogP contribution in [-0.2, 0) is 16.6 Å². The number of aliphatic hydroxyl groups excluding tert-OH is 2. The van der Waals surface area contributed by atoms with Gasteiger partial charge in [-0.15, -0.1) is 0 Å². The molecule has 0 aromatic heterocycles. The van der Waals surface area contributed by atoms with Crippen molar-refractivity contribution in [3.63, 3.8) is 0 Å². The minimum Gasteiger partial charge on any atom is -0.487 e. The van der Waals surface area contributed by atoms with E-state index in [0.29, 0.717) is 11.3 Å². The highest BCUT2D eigenvalue weighted by molar-refractivity contribution is 7.92. The summed E-state index contributed by atoms with van der Waals surface area (Å²) in [4.78, 5) is 0. The summed E-state index contributed by atoms with van der Waals surface area (Å²) in [6.45, 7) is 0.324. The number of benzene rings is 3. The van der Waals surface area contributed by atoms with Crippen LogP contribution >= 0.6 is 0 Å². The van der Waals surface area contributed by atoms with Gasteiger partial charge in [-0.1, -0.05) is 66.7 Å². The van der Waals surface area contributed by atoms with Gasteiger partial charge in [-0.25, -0.2) is 8.42 Å². The molecule has 3 aromatic carbocycles. The zero-order valence-electron chi connectivity index (χ0n) is 17.8. The Kier molecular flexibility index (Phi) is 8.24. The summed E-state index contributed by atoms with van der Waals surface area (Å²) >= 11 is 0. The van der Waals surface area contributed by atoms with Crippen LogP contribution in [0.5, 0.6) is 5.75 Å². The average Bonchev–Trinajstić information content (AvgIpc) is 2.79. The Morgan fingerprint density at radius 3 is 2.22 bits per heavy atom. The molecular formula is C24H28N2O5S. The van der Waals surface area contributed by atoms with E-state index in [9.17, 15) is 18.6 Å². The van der Waals surface area contributed by atoms with Gasteiger partial charge in [0.05, 0.1) is 30.7 Å². The smallest absolute Gasteiger partial charge is 0.229 e. The van der Waals surface area contributed by atoms with Gasteiger partial charge in [-0.2, -0.15) is 0 Å². The number of anilines is 1. The molecule has 0 saturated heterocycles. The summed E-state index contributed by atoms with van der Waals surface area (Å²) in [5.41, 5.74) is 2.62. The van der Waals surface area contributed by atoms with Gasteiger partial charge in [-0.05, 0) is 28.8 Å². The molecule has 0 fully saturated rings. The molecule has 0 unspecified atom stereocenters. The molecule has 2 atom stereocenters. The van der Waals surface area contributed by atoms with E-state index >= 15 is 0 Å². The molecule has 0 spiro atoms. The molecular weight excluding hydrogens is 428 g/mol. The van der Waals surface area contributed by atoms with E-state index in [4.69, 9.17) is 4.74 Å². The Balaban J connectivity index is 1.73. The van der Waals surface area contributed by atoms with E-state index in [0.717, 1.165) is 17.4 Å². The van der Waals surface area contributed by atoms with Crippen LogP contribution in [0, 0.1) is 0 Å². The highest BCUT2D eigenvalue weighted by Gasteiger charge is 2.17. The topological polar surface area (TPSA) is 108 Å². The molecule has 0 amide bonds. The minimum atomic E-state index is -3.55. The van der Waals surface area contributed by atoms with Gasteiger partial charge in [0.2, 0.25) is 10.0 Å². The van der Waals surface area contributed by atoms with Crippen LogP contribution in [0.1, 0.15) is 28.8 Å². The van der Waals surface area contributed by atoms with Crippen LogP contribution in [-0.4, -0.2) is 38.0 Å². The van der Waals surface area contributed by atoms with E-state index in [-0.39, 0.29) is 31.5 Å². The van der Waals surface area contributed by atoms with Crippen LogP contribution in [0.15, 0.2) is 78.9 Å². The highest BCUT2D eigenvalue weighted by Crippen LogP contribution is 2.30. The molecule has 8 heteroatoms. The highest BCUT2D eigenvalue weighted by atomic mass is 32.2. The molecule has 0 aliphatic rings. The normalized spacial score (nSPS) is 13.3. The fourth-order valence-electron chi connectivity index (χ4n) is 3.24. The molecule has 3 aromatic rings. The van der Waals surface area contributed by atoms with Crippen molar-refractivity contribution in [3.05, 3.63) is 95.6 Å². The number of rotatable bonds is 11. The summed E-state index contributed by atoms with van der Waals surface area (Å²) in [5, 5.41) is 23.5. The second-order valence-corrected chi connectivity index (χ2v) is 9.22. The molecule has 0 heterocycles. The lowest BCUT2D eigenvalue weighted by Gasteiger charge is -2.21. The quantitative estimate of drug-likeness (QED) is 0.353. The molecule has 7 nitrogen and oxygen atoms in total. The number of hydrogen-bond acceptors (Lipinski definition) is 6. The van der Waals surface area contributed by atoms with Gasteiger partial charge < -0.3 is 20.3 Å². The van der Waals surface area contributed by atoms with E-state index in [1.807, 2.05) is 60.7 Å². The van der Waals surface area contributed by atoms with Gasteiger partial charge >= 0.3 is 0 Å². The molecule has 0 aliphatic carbocycles. The Bertz CT molecular complexity index is 1090. The maximum absolute atomic E-state index is 11.8. The lowest BCUT2D eigenvalue weighted by molar-refractivity contribution is 0.159. The molecule has 32 heavy (non-hydrogen) atoms. The number of nitrogens with one attached hydrogen (secondary N) is 2. The van der Waals surface area contributed by atoms with Crippen LogP contribution < -0.4 is 14.8 Å². The van der Waals surface area contributed by atoms with Crippen molar-refractivity contribution in [2.45, 2.75) is 18.8 Å². The third kappa shape index (κ3) is 7.06. The lowest BCUT2D eigenvalue weighted by Crippen LogP contribution is -2.28. The molecule has 0 radical (unpaired) electrons. The number of ether oxygens (including phenoxy) is 1. The summed E-state index contributed by atoms with van der Waals surface area (Å²) < 4.78 is 32.0. The average molecular weight is 457 g/mol. The van der Waals surface area contributed by atoms with E-state index in [1.165, 1.54) is 0 Å². The van der Waals surface area contributed by atoms with Crippen LogP contribution in [0.4, 0.5) is 5.69 Å². The second kappa shape index (κ2) is 11.1. The van der Waals surface area contributed by atoms with Crippen LogP contribution in [0.25, 0.3) is 0 Å².